The van der Waals surface area contributed by atoms with Crippen LogP contribution in [-0.4, -0.2) is 28.9 Å². The molecule has 1 saturated heterocycles. The van der Waals surface area contributed by atoms with Gasteiger partial charge in [-0.2, -0.15) is 0 Å². The summed E-state index contributed by atoms with van der Waals surface area (Å²) in [5.74, 6) is 0.720. The Balaban J connectivity index is 1.64. The molecule has 110 valence electrons. The zero-order valence-electron chi connectivity index (χ0n) is 12.3. The Kier molecular flexibility index (Phi) is 4.34. The Morgan fingerprint density at radius 2 is 2.29 bits per heavy atom. The Labute approximate surface area is 129 Å². The van der Waals surface area contributed by atoms with Crippen molar-refractivity contribution in [3.8, 4) is 0 Å². The lowest BCUT2D eigenvalue weighted by Gasteiger charge is -2.32. The minimum atomic E-state index is 0.193. The van der Waals surface area contributed by atoms with Crippen molar-refractivity contribution in [2.24, 2.45) is 5.92 Å². The van der Waals surface area contributed by atoms with E-state index in [4.69, 9.17) is 0 Å². The maximum Gasteiger partial charge on any atom is 0.263 e. The molecule has 1 amide bonds. The average Bonchev–Trinajstić information content (AvgIpc) is 2.94. The van der Waals surface area contributed by atoms with Crippen LogP contribution in [0.1, 0.15) is 33.1 Å². The molecule has 0 radical (unpaired) electrons. The average molecular weight is 300 g/mol. The molecule has 2 aromatic rings. The lowest BCUT2D eigenvalue weighted by molar-refractivity contribution is 0.0677. The maximum absolute atomic E-state index is 12.5. The minimum absolute atomic E-state index is 0.193. The van der Waals surface area contributed by atoms with Gasteiger partial charge in [-0.3, -0.25) is 9.78 Å². The summed E-state index contributed by atoms with van der Waals surface area (Å²) >= 11 is 1.59. The largest absolute Gasteiger partial charge is 0.338 e. The van der Waals surface area contributed by atoms with Crippen molar-refractivity contribution >= 4 is 17.2 Å². The quantitative estimate of drug-likeness (QED) is 0.868. The summed E-state index contributed by atoms with van der Waals surface area (Å²) in [6.45, 7) is 3.78. The highest BCUT2D eigenvalue weighted by molar-refractivity contribution is 7.13. The number of nitrogens with zero attached hydrogens (tertiary/aromatic N) is 2. The van der Waals surface area contributed by atoms with E-state index in [1.165, 1.54) is 11.3 Å². The second-order valence-electron chi connectivity index (χ2n) is 5.69. The third kappa shape index (κ3) is 3.50. The third-order valence-electron chi connectivity index (χ3n) is 3.98. The van der Waals surface area contributed by atoms with Crippen LogP contribution in [0.5, 0.6) is 0 Å². The van der Waals surface area contributed by atoms with Gasteiger partial charge in [-0.1, -0.05) is 6.07 Å². The van der Waals surface area contributed by atoms with Gasteiger partial charge >= 0.3 is 0 Å². The van der Waals surface area contributed by atoms with Crippen LogP contribution in [0.3, 0.4) is 0 Å². The lowest BCUT2D eigenvalue weighted by atomic mass is 9.93. The van der Waals surface area contributed by atoms with Crippen molar-refractivity contribution in [3.05, 3.63) is 52.0 Å². The number of carbonyl (C=O) groups is 1. The summed E-state index contributed by atoms with van der Waals surface area (Å²) in [4.78, 5) is 21.0. The second kappa shape index (κ2) is 6.39. The van der Waals surface area contributed by atoms with Crippen molar-refractivity contribution in [2.75, 3.05) is 13.1 Å². The molecular weight excluding hydrogens is 280 g/mol. The summed E-state index contributed by atoms with van der Waals surface area (Å²) in [7, 11) is 0. The molecule has 0 aromatic carbocycles. The van der Waals surface area contributed by atoms with Gasteiger partial charge in [-0.25, -0.2) is 0 Å². The van der Waals surface area contributed by atoms with E-state index in [-0.39, 0.29) is 5.91 Å². The van der Waals surface area contributed by atoms with Gasteiger partial charge in [0, 0.05) is 29.9 Å². The van der Waals surface area contributed by atoms with E-state index in [9.17, 15) is 4.79 Å². The van der Waals surface area contributed by atoms with Crippen LogP contribution in [-0.2, 0) is 6.42 Å². The number of thiophene rings is 1. The van der Waals surface area contributed by atoms with Gasteiger partial charge < -0.3 is 4.90 Å². The first kappa shape index (κ1) is 14.3. The number of carbonyl (C=O) groups excluding carboxylic acids is 1. The third-order valence-corrected chi connectivity index (χ3v) is 4.97. The highest BCUT2D eigenvalue weighted by atomic mass is 32.1. The van der Waals surface area contributed by atoms with Gasteiger partial charge in [0.15, 0.2) is 0 Å². The zero-order valence-corrected chi connectivity index (χ0v) is 13.1. The molecule has 0 spiro atoms. The van der Waals surface area contributed by atoms with E-state index >= 15 is 0 Å². The van der Waals surface area contributed by atoms with Gasteiger partial charge in [-0.15, -0.1) is 11.3 Å². The van der Waals surface area contributed by atoms with Crippen molar-refractivity contribution in [1.29, 1.82) is 0 Å². The predicted molar refractivity (Wildman–Crippen MR) is 85.6 cm³/mol. The van der Waals surface area contributed by atoms with E-state index in [0.29, 0.717) is 5.92 Å². The summed E-state index contributed by atoms with van der Waals surface area (Å²) in [6.07, 6.45) is 5.08. The number of aromatic nitrogens is 1. The van der Waals surface area contributed by atoms with E-state index < -0.39 is 0 Å². The minimum Gasteiger partial charge on any atom is -0.338 e. The Morgan fingerprint density at radius 1 is 1.38 bits per heavy atom. The molecule has 0 unspecified atom stereocenters. The molecule has 2 aromatic heterocycles. The SMILES string of the molecule is Cc1ccc(C(=O)N2CCC[C@H](Cc3ccccn3)C2)s1. The number of pyridine rings is 1. The van der Waals surface area contributed by atoms with Crippen LogP contribution < -0.4 is 0 Å². The highest BCUT2D eigenvalue weighted by Gasteiger charge is 2.25. The van der Waals surface area contributed by atoms with Crippen LogP contribution in [0.15, 0.2) is 36.5 Å². The standard InChI is InChI=1S/C17H20N2OS/c1-13-7-8-16(21-13)17(20)19-10-4-5-14(12-19)11-15-6-2-3-9-18-15/h2-3,6-9,14H,4-5,10-12H2,1H3/t14-/m1/s1. The molecule has 1 fully saturated rings. The molecule has 4 heteroatoms. The van der Waals surface area contributed by atoms with E-state index in [1.807, 2.05) is 42.3 Å². The molecule has 3 heterocycles. The number of amides is 1. The number of hydrogen-bond donors (Lipinski definition) is 0. The summed E-state index contributed by atoms with van der Waals surface area (Å²) < 4.78 is 0. The topological polar surface area (TPSA) is 33.2 Å². The lowest BCUT2D eigenvalue weighted by Crippen LogP contribution is -2.40. The Bertz CT molecular complexity index is 608. The van der Waals surface area contributed by atoms with Crippen molar-refractivity contribution in [3.63, 3.8) is 0 Å². The van der Waals surface area contributed by atoms with Gasteiger partial charge in [0.1, 0.15) is 0 Å². The van der Waals surface area contributed by atoms with Crippen LogP contribution in [0, 0.1) is 12.8 Å². The summed E-state index contributed by atoms with van der Waals surface area (Å²) in [5.41, 5.74) is 1.13. The molecule has 0 bridgehead atoms. The van der Waals surface area contributed by atoms with Crippen LogP contribution >= 0.6 is 11.3 Å². The monoisotopic (exact) mass is 300 g/mol. The van der Waals surface area contributed by atoms with E-state index in [2.05, 4.69) is 11.1 Å². The first-order valence-electron chi connectivity index (χ1n) is 7.48. The molecule has 0 aliphatic carbocycles. The van der Waals surface area contributed by atoms with Gasteiger partial charge in [0.25, 0.3) is 5.91 Å². The van der Waals surface area contributed by atoms with Gasteiger partial charge in [-0.05, 0) is 56.4 Å². The predicted octanol–water partition coefficient (Wildman–Crippen LogP) is 3.55. The van der Waals surface area contributed by atoms with Crippen LogP contribution in [0.4, 0.5) is 0 Å². The summed E-state index contributed by atoms with van der Waals surface area (Å²) in [6, 6.07) is 10.0. The summed E-state index contributed by atoms with van der Waals surface area (Å²) in [5, 5.41) is 0. The number of piperidine rings is 1. The smallest absolute Gasteiger partial charge is 0.263 e. The number of aryl methyl sites for hydroxylation is 1. The maximum atomic E-state index is 12.5. The van der Waals surface area contributed by atoms with Gasteiger partial charge in [0.05, 0.1) is 4.88 Å². The molecule has 0 N–H and O–H groups in total. The van der Waals surface area contributed by atoms with E-state index in [1.54, 1.807) is 11.3 Å². The molecule has 0 saturated carbocycles. The van der Waals surface area contributed by atoms with Crippen LogP contribution in [0.25, 0.3) is 0 Å². The fourth-order valence-electron chi connectivity index (χ4n) is 2.94. The normalized spacial score (nSPS) is 18.7. The molecule has 1 atom stereocenters. The second-order valence-corrected chi connectivity index (χ2v) is 6.98. The van der Waals surface area contributed by atoms with Crippen molar-refractivity contribution < 1.29 is 4.79 Å². The first-order valence-corrected chi connectivity index (χ1v) is 8.29. The highest BCUT2D eigenvalue weighted by Crippen LogP contribution is 2.24. The molecule has 1 aliphatic rings. The molecule has 3 rings (SSSR count). The number of rotatable bonds is 3. The Hall–Kier alpha value is -1.68. The zero-order chi connectivity index (χ0) is 14.7. The number of likely N-dealkylation sites (tertiary alicyclic amines) is 1. The molecule has 1 aliphatic heterocycles. The van der Waals surface area contributed by atoms with Crippen molar-refractivity contribution in [2.45, 2.75) is 26.2 Å². The first-order chi connectivity index (χ1) is 10.2. The van der Waals surface area contributed by atoms with E-state index in [0.717, 1.165) is 36.5 Å². The number of hydrogen-bond acceptors (Lipinski definition) is 3. The molecule has 21 heavy (non-hydrogen) atoms. The fourth-order valence-corrected chi connectivity index (χ4v) is 3.77. The van der Waals surface area contributed by atoms with Crippen LogP contribution in [0.2, 0.25) is 0 Å². The molecular formula is C17H20N2OS. The molecule has 3 nitrogen and oxygen atoms in total. The van der Waals surface area contributed by atoms with Crippen molar-refractivity contribution in [1.82, 2.24) is 9.88 Å². The van der Waals surface area contributed by atoms with Gasteiger partial charge in [0.2, 0.25) is 0 Å². The Morgan fingerprint density at radius 3 is 3.00 bits per heavy atom. The fraction of sp³-hybridized carbons (Fsp3) is 0.412.